The average molecular weight is 320 g/mol. The first-order valence-corrected chi connectivity index (χ1v) is 6.13. The Balaban J connectivity index is 3.40. The molecule has 0 aliphatic heterocycles. The molecule has 5 heteroatoms. The van der Waals surface area contributed by atoms with E-state index in [2.05, 4.69) is 21.2 Å². The Bertz CT molecular complexity index is 566. The molecular weight excluding hydrogens is 298 g/mol. The van der Waals surface area contributed by atoms with Gasteiger partial charge in [0.2, 0.25) is 5.91 Å². The fourth-order valence-corrected chi connectivity index (χ4v) is 1.70. The smallest absolute Gasteiger partial charge is 0.219 e. The molecule has 0 fully saturated rings. The first kappa shape index (κ1) is 9.67. The second-order valence-corrected chi connectivity index (χ2v) is 4.19. The number of ether oxygens (including phenoxy) is 2. The number of carbonyl (C=O) groups excluding carboxylic acids is 1. The van der Waals surface area contributed by atoms with E-state index in [1.807, 2.05) is 0 Å². The Morgan fingerprint density at radius 3 is 2.61 bits per heavy atom. The molecule has 0 radical (unpaired) electrons. The normalized spacial score (nSPS) is 14.9. The van der Waals surface area contributed by atoms with Gasteiger partial charge in [-0.15, -0.1) is 0 Å². The van der Waals surface area contributed by atoms with Crippen molar-refractivity contribution in [1.82, 2.24) is 5.32 Å². The Labute approximate surface area is 121 Å². The molecule has 1 aromatic rings. The SMILES string of the molecule is [2H]C([2H])(NC(=O)CC)C([2H])([2H])c1cc(OC)c(Br)cc1OC. The van der Waals surface area contributed by atoms with Gasteiger partial charge in [0.25, 0.3) is 0 Å². The third-order valence-electron chi connectivity index (χ3n) is 2.19. The number of methoxy groups -OCH3 is 2. The zero-order valence-electron chi connectivity index (χ0n) is 14.5. The van der Waals surface area contributed by atoms with Gasteiger partial charge in [0.05, 0.1) is 18.7 Å². The van der Waals surface area contributed by atoms with Crippen LogP contribution in [-0.4, -0.2) is 26.6 Å². The van der Waals surface area contributed by atoms with Gasteiger partial charge in [0.15, 0.2) is 0 Å². The molecule has 0 bridgehead atoms. The second-order valence-electron chi connectivity index (χ2n) is 3.34. The van der Waals surface area contributed by atoms with E-state index in [-0.39, 0.29) is 17.7 Å². The van der Waals surface area contributed by atoms with Crippen LogP contribution in [0.3, 0.4) is 0 Å². The van der Waals surface area contributed by atoms with E-state index >= 15 is 0 Å². The van der Waals surface area contributed by atoms with Gasteiger partial charge in [-0.1, -0.05) is 6.92 Å². The number of nitrogens with one attached hydrogen (secondary N) is 1. The van der Waals surface area contributed by atoms with E-state index in [0.29, 0.717) is 10.2 Å². The van der Waals surface area contributed by atoms with Gasteiger partial charge in [0, 0.05) is 18.4 Å². The van der Waals surface area contributed by atoms with Gasteiger partial charge in [-0.05, 0) is 40.0 Å². The highest BCUT2D eigenvalue weighted by Gasteiger charge is 2.09. The van der Waals surface area contributed by atoms with E-state index in [0.717, 1.165) is 0 Å². The summed E-state index contributed by atoms with van der Waals surface area (Å²) in [6.45, 7) is -1.06. The van der Waals surface area contributed by atoms with E-state index in [4.69, 9.17) is 15.0 Å². The zero-order chi connectivity index (χ0) is 17.1. The van der Waals surface area contributed by atoms with Gasteiger partial charge >= 0.3 is 0 Å². The third-order valence-corrected chi connectivity index (χ3v) is 2.81. The van der Waals surface area contributed by atoms with Crippen molar-refractivity contribution >= 4 is 21.8 Å². The van der Waals surface area contributed by atoms with Crippen LogP contribution in [0.4, 0.5) is 0 Å². The number of halogens is 1. The summed E-state index contributed by atoms with van der Waals surface area (Å²) in [5, 5.41) is 2.06. The first-order valence-electron chi connectivity index (χ1n) is 7.33. The summed E-state index contributed by atoms with van der Waals surface area (Å²) in [4.78, 5) is 11.5. The molecule has 1 rings (SSSR count). The van der Waals surface area contributed by atoms with E-state index in [1.165, 1.54) is 26.4 Å². The van der Waals surface area contributed by atoms with Crippen LogP contribution in [0.1, 0.15) is 24.4 Å². The summed E-state index contributed by atoms with van der Waals surface area (Å²) >= 11 is 3.26. The summed E-state index contributed by atoms with van der Waals surface area (Å²) in [5.74, 6) is -0.110. The molecule has 18 heavy (non-hydrogen) atoms. The molecule has 0 aromatic heterocycles. The summed E-state index contributed by atoms with van der Waals surface area (Å²) in [5.41, 5.74) is -0.0588. The third kappa shape index (κ3) is 3.91. The first-order chi connectivity index (χ1) is 10.1. The number of rotatable bonds is 6. The van der Waals surface area contributed by atoms with Crippen molar-refractivity contribution < 1.29 is 19.8 Å². The topological polar surface area (TPSA) is 47.6 Å². The molecular formula is C13H18BrNO3. The Morgan fingerprint density at radius 1 is 1.39 bits per heavy atom. The molecule has 0 aliphatic carbocycles. The molecule has 4 nitrogen and oxygen atoms in total. The van der Waals surface area contributed by atoms with Crippen molar-refractivity contribution in [1.29, 1.82) is 0 Å². The number of aryl methyl sites for hydroxylation is 1. The van der Waals surface area contributed by atoms with Crippen molar-refractivity contribution in [3.63, 3.8) is 0 Å². The zero-order valence-corrected chi connectivity index (χ0v) is 12.1. The Kier molecular flexibility index (Phi) is 3.90. The summed E-state index contributed by atoms with van der Waals surface area (Å²) < 4.78 is 42.9. The van der Waals surface area contributed by atoms with Gasteiger partial charge in [-0.2, -0.15) is 0 Å². The van der Waals surface area contributed by atoms with Crippen LogP contribution in [0.5, 0.6) is 11.5 Å². The van der Waals surface area contributed by atoms with Gasteiger partial charge in [0.1, 0.15) is 11.5 Å². The highest BCUT2D eigenvalue weighted by molar-refractivity contribution is 9.10. The molecule has 0 heterocycles. The van der Waals surface area contributed by atoms with E-state index in [1.54, 1.807) is 6.92 Å². The van der Waals surface area contributed by atoms with Gasteiger partial charge in [-0.3, -0.25) is 4.79 Å². The highest BCUT2D eigenvalue weighted by Crippen LogP contribution is 2.32. The maximum Gasteiger partial charge on any atom is 0.219 e. The van der Waals surface area contributed by atoms with Crippen LogP contribution in [0.15, 0.2) is 16.6 Å². The van der Waals surface area contributed by atoms with E-state index in [9.17, 15) is 4.79 Å². The fraction of sp³-hybridized carbons (Fsp3) is 0.462. The summed E-state index contributed by atoms with van der Waals surface area (Å²) in [6.07, 6.45) is -2.48. The predicted octanol–water partition coefficient (Wildman–Crippen LogP) is 2.54. The van der Waals surface area contributed by atoms with Crippen molar-refractivity contribution in [2.24, 2.45) is 0 Å². The van der Waals surface area contributed by atoms with Crippen LogP contribution in [-0.2, 0) is 11.2 Å². The molecule has 0 spiro atoms. The maximum absolute atomic E-state index is 11.5. The molecule has 1 amide bonds. The minimum absolute atomic E-state index is 0.0520. The van der Waals surface area contributed by atoms with Crippen LogP contribution in [0.25, 0.3) is 0 Å². The number of carbonyl (C=O) groups is 1. The summed E-state index contributed by atoms with van der Waals surface area (Å²) in [6, 6.07) is 2.84. The minimum Gasteiger partial charge on any atom is -0.496 e. The molecule has 100 valence electrons. The molecule has 0 saturated heterocycles. The molecule has 1 N–H and O–H groups in total. The van der Waals surface area contributed by atoms with Crippen LogP contribution in [0, 0.1) is 0 Å². The quantitative estimate of drug-likeness (QED) is 0.876. The Hall–Kier alpha value is -1.23. The second kappa shape index (κ2) is 7.26. The average Bonchev–Trinajstić information content (AvgIpc) is 2.45. The van der Waals surface area contributed by atoms with E-state index < -0.39 is 18.8 Å². The number of amides is 1. The van der Waals surface area contributed by atoms with Crippen molar-refractivity contribution in [2.75, 3.05) is 20.7 Å². The van der Waals surface area contributed by atoms with Gasteiger partial charge < -0.3 is 14.8 Å². The largest absolute Gasteiger partial charge is 0.496 e. The molecule has 0 atom stereocenters. The standard InChI is InChI=1S/C13H18BrNO3/c1-4-13(16)15-6-5-9-7-12(18-3)10(14)8-11(9)17-2/h7-8H,4-6H2,1-3H3,(H,15,16)/i5D2,6D2. The molecule has 0 saturated carbocycles. The maximum atomic E-state index is 11.5. The van der Waals surface area contributed by atoms with Gasteiger partial charge in [-0.25, -0.2) is 0 Å². The van der Waals surface area contributed by atoms with Crippen LogP contribution < -0.4 is 14.8 Å². The lowest BCUT2D eigenvalue weighted by Crippen LogP contribution is -2.24. The van der Waals surface area contributed by atoms with Crippen molar-refractivity contribution in [3.8, 4) is 11.5 Å². The Morgan fingerprint density at radius 2 is 2.06 bits per heavy atom. The van der Waals surface area contributed by atoms with Crippen LogP contribution in [0.2, 0.25) is 0 Å². The minimum atomic E-state index is -2.62. The molecule has 0 aliphatic rings. The highest BCUT2D eigenvalue weighted by atomic mass is 79.9. The summed E-state index contributed by atoms with van der Waals surface area (Å²) in [7, 11) is 2.77. The number of benzene rings is 1. The molecule has 0 unspecified atom stereocenters. The predicted molar refractivity (Wildman–Crippen MR) is 74.3 cm³/mol. The lowest BCUT2D eigenvalue weighted by molar-refractivity contribution is -0.120. The number of hydrogen-bond donors (Lipinski definition) is 1. The van der Waals surface area contributed by atoms with Crippen molar-refractivity contribution in [3.05, 3.63) is 22.2 Å². The number of hydrogen-bond acceptors (Lipinski definition) is 3. The fourth-order valence-electron chi connectivity index (χ4n) is 1.21. The molecule has 1 aromatic carbocycles. The van der Waals surface area contributed by atoms with Crippen molar-refractivity contribution in [2.45, 2.75) is 19.7 Å². The lowest BCUT2D eigenvalue weighted by Gasteiger charge is -2.12. The lowest BCUT2D eigenvalue weighted by atomic mass is 10.1. The van der Waals surface area contributed by atoms with Crippen LogP contribution >= 0.6 is 15.9 Å². The monoisotopic (exact) mass is 319 g/mol.